The summed E-state index contributed by atoms with van der Waals surface area (Å²) in [7, 11) is 0. The van der Waals surface area contributed by atoms with Crippen molar-refractivity contribution in [3.63, 3.8) is 0 Å². The molecule has 0 radical (unpaired) electrons. The zero-order chi connectivity index (χ0) is 18.6. The van der Waals surface area contributed by atoms with Gasteiger partial charge in [-0.15, -0.1) is 5.10 Å². The summed E-state index contributed by atoms with van der Waals surface area (Å²) in [5.41, 5.74) is 2.19. The van der Waals surface area contributed by atoms with Crippen LogP contribution in [0.5, 0.6) is 0 Å². The Balaban J connectivity index is 2.09. The number of nitrogens with one attached hydrogen (secondary N) is 1. The second-order valence-corrected chi connectivity index (χ2v) is 7.47. The summed E-state index contributed by atoms with van der Waals surface area (Å²) < 4.78 is 1.61. The lowest BCUT2D eigenvalue weighted by molar-refractivity contribution is -0.120. The zero-order valence-corrected chi connectivity index (χ0v) is 15.9. The van der Waals surface area contributed by atoms with Gasteiger partial charge in [0.15, 0.2) is 0 Å². The number of nitriles is 1. The maximum Gasteiger partial charge on any atom is 0.231 e. The SMILES string of the molecule is Cc1cc(C)cc(-n2nnnc2SCC(=O)N[C@@](C)(C#N)C(C)C)c1. The number of hydrogen-bond donors (Lipinski definition) is 1. The third-order valence-electron chi connectivity index (χ3n) is 4.01. The number of amides is 1. The smallest absolute Gasteiger partial charge is 0.231 e. The van der Waals surface area contributed by atoms with Crippen molar-refractivity contribution in [1.82, 2.24) is 25.5 Å². The highest BCUT2D eigenvalue weighted by molar-refractivity contribution is 7.99. The van der Waals surface area contributed by atoms with E-state index in [1.165, 1.54) is 11.8 Å². The molecule has 2 aromatic rings. The fourth-order valence-electron chi connectivity index (χ4n) is 2.26. The van der Waals surface area contributed by atoms with Gasteiger partial charge in [0.2, 0.25) is 11.1 Å². The largest absolute Gasteiger partial charge is 0.337 e. The van der Waals surface area contributed by atoms with Gasteiger partial charge in [-0.1, -0.05) is 31.7 Å². The van der Waals surface area contributed by atoms with E-state index in [0.717, 1.165) is 16.8 Å². The van der Waals surface area contributed by atoms with Gasteiger partial charge in [0.1, 0.15) is 5.54 Å². The van der Waals surface area contributed by atoms with Crippen molar-refractivity contribution in [1.29, 1.82) is 5.26 Å². The summed E-state index contributed by atoms with van der Waals surface area (Å²) >= 11 is 1.24. The molecule has 0 aliphatic heterocycles. The maximum atomic E-state index is 12.2. The van der Waals surface area contributed by atoms with Gasteiger partial charge in [0.05, 0.1) is 17.5 Å². The normalized spacial score (nSPS) is 13.3. The van der Waals surface area contributed by atoms with Crippen molar-refractivity contribution in [3.05, 3.63) is 29.3 Å². The molecule has 0 aliphatic carbocycles. The van der Waals surface area contributed by atoms with E-state index in [1.54, 1.807) is 11.6 Å². The van der Waals surface area contributed by atoms with E-state index in [1.807, 2.05) is 39.8 Å². The third kappa shape index (κ3) is 4.57. The molecule has 1 N–H and O–H groups in total. The molecular weight excluding hydrogens is 336 g/mol. The van der Waals surface area contributed by atoms with Gasteiger partial charge in [0, 0.05) is 0 Å². The van der Waals surface area contributed by atoms with Crippen molar-refractivity contribution in [3.8, 4) is 11.8 Å². The van der Waals surface area contributed by atoms with Crippen LogP contribution in [0.1, 0.15) is 31.9 Å². The van der Waals surface area contributed by atoms with E-state index in [4.69, 9.17) is 0 Å². The van der Waals surface area contributed by atoms with Crippen molar-refractivity contribution < 1.29 is 4.79 Å². The first-order valence-corrected chi connectivity index (χ1v) is 8.96. The van der Waals surface area contributed by atoms with Crippen LogP contribution in [-0.4, -0.2) is 37.4 Å². The molecule has 25 heavy (non-hydrogen) atoms. The van der Waals surface area contributed by atoms with Crippen molar-refractivity contribution in [2.45, 2.75) is 45.3 Å². The number of aromatic nitrogens is 4. The topological polar surface area (TPSA) is 96.5 Å². The lowest BCUT2D eigenvalue weighted by Crippen LogP contribution is -2.49. The lowest BCUT2D eigenvalue weighted by Gasteiger charge is -2.27. The first kappa shape index (κ1) is 18.9. The molecule has 132 valence electrons. The van der Waals surface area contributed by atoms with E-state index in [2.05, 4.69) is 33.0 Å². The molecule has 0 spiro atoms. The minimum Gasteiger partial charge on any atom is -0.337 e. The highest BCUT2D eigenvalue weighted by Crippen LogP contribution is 2.21. The first-order chi connectivity index (χ1) is 11.7. The minimum absolute atomic E-state index is 0.00652. The molecule has 0 fully saturated rings. The zero-order valence-electron chi connectivity index (χ0n) is 15.1. The predicted molar refractivity (Wildman–Crippen MR) is 96.4 cm³/mol. The van der Waals surface area contributed by atoms with Crippen LogP contribution < -0.4 is 5.32 Å². The number of thioether (sulfide) groups is 1. The van der Waals surface area contributed by atoms with Gasteiger partial charge >= 0.3 is 0 Å². The summed E-state index contributed by atoms with van der Waals surface area (Å²) in [5, 5.41) is 24.3. The van der Waals surface area contributed by atoms with Gasteiger partial charge in [-0.3, -0.25) is 4.79 Å². The average Bonchev–Trinajstić information content (AvgIpc) is 3.00. The molecule has 0 saturated carbocycles. The molecule has 0 saturated heterocycles. The fourth-order valence-corrected chi connectivity index (χ4v) is 2.95. The molecule has 0 bridgehead atoms. The van der Waals surface area contributed by atoms with Crippen LogP contribution in [0.4, 0.5) is 0 Å². The molecule has 2 rings (SSSR count). The Hall–Kier alpha value is -2.40. The molecule has 8 heteroatoms. The molecular formula is C17H22N6OS. The Morgan fingerprint density at radius 1 is 1.36 bits per heavy atom. The monoisotopic (exact) mass is 358 g/mol. The van der Waals surface area contributed by atoms with Gasteiger partial charge in [-0.05, 0) is 60.4 Å². The van der Waals surface area contributed by atoms with Crippen molar-refractivity contribution in [2.75, 3.05) is 5.75 Å². The van der Waals surface area contributed by atoms with Crippen LogP contribution >= 0.6 is 11.8 Å². The number of aryl methyl sites for hydroxylation is 2. The second-order valence-electron chi connectivity index (χ2n) is 6.52. The number of hydrogen-bond acceptors (Lipinski definition) is 6. The number of carbonyl (C=O) groups is 1. The third-order valence-corrected chi connectivity index (χ3v) is 4.93. The van der Waals surface area contributed by atoms with E-state index in [-0.39, 0.29) is 17.6 Å². The Morgan fingerprint density at radius 3 is 2.56 bits per heavy atom. The average molecular weight is 358 g/mol. The van der Waals surface area contributed by atoms with Gasteiger partial charge < -0.3 is 5.32 Å². The molecule has 0 unspecified atom stereocenters. The molecule has 1 amide bonds. The standard InChI is InChI=1S/C17H22N6OS/c1-11(2)17(5,10-18)19-15(24)9-25-16-20-21-22-23(16)14-7-12(3)6-13(4)8-14/h6-8,11H,9H2,1-5H3,(H,19,24)/t17-/m0/s1. The predicted octanol–water partition coefficient (Wildman–Crippen LogP) is 2.43. The van der Waals surface area contributed by atoms with Gasteiger partial charge in [-0.2, -0.15) is 9.94 Å². The highest BCUT2D eigenvalue weighted by Gasteiger charge is 2.30. The maximum absolute atomic E-state index is 12.2. The van der Waals surface area contributed by atoms with E-state index >= 15 is 0 Å². The second kappa shape index (κ2) is 7.66. The Morgan fingerprint density at radius 2 is 2.00 bits per heavy atom. The number of nitrogens with zero attached hydrogens (tertiary/aromatic N) is 5. The fraction of sp³-hybridized carbons (Fsp3) is 0.471. The van der Waals surface area contributed by atoms with Crippen LogP contribution in [0.3, 0.4) is 0 Å². The minimum atomic E-state index is -0.892. The number of carbonyl (C=O) groups excluding carboxylic acids is 1. The first-order valence-electron chi connectivity index (χ1n) is 7.97. The number of tetrazole rings is 1. The van der Waals surface area contributed by atoms with Gasteiger partial charge in [-0.25, -0.2) is 0 Å². The molecule has 1 aromatic carbocycles. The molecule has 1 heterocycles. The summed E-state index contributed by atoms with van der Waals surface area (Å²) in [6.07, 6.45) is 0. The Kier molecular flexibility index (Phi) is 5.80. The summed E-state index contributed by atoms with van der Waals surface area (Å²) in [5.74, 6) is -0.0837. The van der Waals surface area contributed by atoms with Crippen LogP contribution in [0.2, 0.25) is 0 Å². The lowest BCUT2D eigenvalue weighted by atomic mass is 9.90. The summed E-state index contributed by atoms with van der Waals surface area (Å²) in [6, 6.07) is 8.21. The summed E-state index contributed by atoms with van der Waals surface area (Å²) in [6.45, 7) is 9.54. The quantitative estimate of drug-likeness (QED) is 0.797. The number of benzene rings is 1. The summed E-state index contributed by atoms with van der Waals surface area (Å²) in [4.78, 5) is 12.2. The number of rotatable bonds is 6. The Labute approximate surface area is 151 Å². The van der Waals surface area contributed by atoms with E-state index in [9.17, 15) is 10.1 Å². The highest BCUT2D eigenvalue weighted by atomic mass is 32.2. The van der Waals surface area contributed by atoms with Crippen LogP contribution in [0.15, 0.2) is 23.4 Å². The molecule has 1 atom stereocenters. The van der Waals surface area contributed by atoms with E-state index in [0.29, 0.717) is 5.16 Å². The van der Waals surface area contributed by atoms with Crippen molar-refractivity contribution >= 4 is 17.7 Å². The van der Waals surface area contributed by atoms with Crippen LogP contribution in [0, 0.1) is 31.1 Å². The Bertz CT molecular complexity index is 789. The molecule has 1 aromatic heterocycles. The van der Waals surface area contributed by atoms with Gasteiger partial charge in [0.25, 0.3) is 0 Å². The van der Waals surface area contributed by atoms with Crippen LogP contribution in [-0.2, 0) is 4.79 Å². The molecule has 0 aliphatic rings. The molecule has 7 nitrogen and oxygen atoms in total. The van der Waals surface area contributed by atoms with Crippen molar-refractivity contribution in [2.24, 2.45) is 5.92 Å². The van der Waals surface area contributed by atoms with Crippen LogP contribution in [0.25, 0.3) is 5.69 Å². The van der Waals surface area contributed by atoms with E-state index < -0.39 is 5.54 Å².